The van der Waals surface area contributed by atoms with Crippen LogP contribution in [0, 0.1) is 0 Å². The molecule has 0 bridgehead atoms. The summed E-state index contributed by atoms with van der Waals surface area (Å²) >= 11 is 0. The molecule has 2 N–H and O–H groups in total. The van der Waals surface area contributed by atoms with Crippen LogP contribution in [0.4, 0.5) is 0 Å². The van der Waals surface area contributed by atoms with Crippen molar-refractivity contribution in [1.82, 2.24) is 5.32 Å². The van der Waals surface area contributed by atoms with Crippen LogP contribution < -0.4 is 5.32 Å². The van der Waals surface area contributed by atoms with E-state index in [1.807, 2.05) is 78.9 Å². The third-order valence-electron chi connectivity index (χ3n) is 5.00. The standard InChI is InChI=1S/C26H22N2O2/c29-25-16-15-19-9-7-8-14-22(19)23(25)17-27-18-24(20-10-3-1-4-11-20)28-26(30)21-12-5-2-6-13-21/h1-17,24,29H,18H2,(H,28,30). The van der Waals surface area contributed by atoms with Gasteiger partial charge in [0.25, 0.3) is 5.91 Å². The van der Waals surface area contributed by atoms with Gasteiger partial charge in [-0.1, -0.05) is 78.9 Å². The molecule has 4 aromatic carbocycles. The predicted octanol–water partition coefficient (Wildman–Crippen LogP) is 5.14. The highest BCUT2D eigenvalue weighted by atomic mass is 16.3. The number of nitrogens with zero attached hydrogens (tertiary/aromatic N) is 1. The number of aliphatic imine (C=N–C) groups is 1. The maximum atomic E-state index is 12.7. The van der Waals surface area contributed by atoms with Crippen molar-refractivity contribution in [3.8, 4) is 5.75 Å². The summed E-state index contributed by atoms with van der Waals surface area (Å²) in [6.45, 7) is 0.352. The summed E-state index contributed by atoms with van der Waals surface area (Å²) in [7, 11) is 0. The molecule has 0 aromatic heterocycles. The Hall–Kier alpha value is -3.92. The Kier molecular flexibility index (Phi) is 5.85. The first kappa shape index (κ1) is 19.4. The molecule has 0 saturated carbocycles. The monoisotopic (exact) mass is 394 g/mol. The van der Waals surface area contributed by atoms with E-state index in [1.54, 1.807) is 24.4 Å². The second-order valence-corrected chi connectivity index (χ2v) is 7.02. The van der Waals surface area contributed by atoms with E-state index >= 15 is 0 Å². The molecular formula is C26H22N2O2. The van der Waals surface area contributed by atoms with Crippen molar-refractivity contribution < 1.29 is 9.90 Å². The molecule has 4 rings (SSSR count). The smallest absolute Gasteiger partial charge is 0.251 e. The molecule has 0 aliphatic heterocycles. The molecule has 4 nitrogen and oxygen atoms in total. The topological polar surface area (TPSA) is 61.7 Å². The van der Waals surface area contributed by atoms with Crippen molar-refractivity contribution in [2.45, 2.75) is 6.04 Å². The lowest BCUT2D eigenvalue weighted by Crippen LogP contribution is -2.30. The van der Waals surface area contributed by atoms with Gasteiger partial charge in [0.2, 0.25) is 0 Å². The van der Waals surface area contributed by atoms with Crippen molar-refractivity contribution in [2.75, 3.05) is 6.54 Å². The van der Waals surface area contributed by atoms with E-state index in [0.29, 0.717) is 17.7 Å². The van der Waals surface area contributed by atoms with Gasteiger partial charge in [-0.2, -0.15) is 0 Å². The first-order valence-electron chi connectivity index (χ1n) is 9.84. The van der Waals surface area contributed by atoms with Crippen molar-refractivity contribution in [2.24, 2.45) is 4.99 Å². The fourth-order valence-electron chi connectivity index (χ4n) is 3.42. The molecule has 1 amide bonds. The molecule has 0 fully saturated rings. The molecule has 0 heterocycles. The van der Waals surface area contributed by atoms with Crippen molar-refractivity contribution in [3.63, 3.8) is 0 Å². The highest BCUT2D eigenvalue weighted by Gasteiger charge is 2.15. The minimum absolute atomic E-state index is 0.146. The number of hydrogen-bond acceptors (Lipinski definition) is 3. The number of phenolic OH excluding ortho intramolecular Hbond substituents is 1. The molecule has 0 saturated heterocycles. The Morgan fingerprint density at radius 2 is 1.53 bits per heavy atom. The van der Waals surface area contributed by atoms with Gasteiger partial charge >= 0.3 is 0 Å². The summed E-state index contributed by atoms with van der Waals surface area (Å²) < 4.78 is 0. The number of carbonyl (C=O) groups is 1. The molecule has 4 heteroatoms. The highest BCUT2D eigenvalue weighted by Crippen LogP contribution is 2.25. The molecular weight excluding hydrogens is 372 g/mol. The second kappa shape index (κ2) is 9.05. The van der Waals surface area contributed by atoms with Crippen molar-refractivity contribution >= 4 is 22.9 Å². The Balaban J connectivity index is 1.59. The van der Waals surface area contributed by atoms with E-state index in [2.05, 4.69) is 10.3 Å². The first-order valence-corrected chi connectivity index (χ1v) is 9.84. The van der Waals surface area contributed by atoms with E-state index in [9.17, 15) is 9.90 Å². The molecule has 0 spiro atoms. The summed E-state index contributed by atoms with van der Waals surface area (Å²) in [5.41, 5.74) is 2.25. The lowest BCUT2D eigenvalue weighted by atomic mass is 10.0. The van der Waals surface area contributed by atoms with E-state index in [0.717, 1.165) is 16.3 Å². The predicted molar refractivity (Wildman–Crippen MR) is 121 cm³/mol. The van der Waals surface area contributed by atoms with Crippen LogP contribution in [-0.4, -0.2) is 23.8 Å². The first-order chi connectivity index (χ1) is 14.7. The number of phenols is 1. The summed E-state index contributed by atoms with van der Waals surface area (Å²) in [6.07, 6.45) is 1.68. The van der Waals surface area contributed by atoms with Crippen LogP contribution in [0.25, 0.3) is 10.8 Å². The normalized spacial score (nSPS) is 12.1. The number of nitrogens with one attached hydrogen (secondary N) is 1. The van der Waals surface area contributed by atoms with Gasteiger partial charge in [0, 0.05) is 17.3 Å². The van der Waals surface area contributed by atoms with Gasteiger partial charge in [-0.3, -0.25) is 9.79 Å². The fourth-order valence-corrected chi connectivity index (χ4v) is 3.42. The highest BCUT2D eigenvalue weighted by molar-refractivity contribution is 6.02. The molecule has 0 aliphatic carbocycles. The molecule has 30 heavy (non-hydrogen) atoms. The van der Waals surface area contributed by atoms with Crippen molar-refractivity contribution in [1.29, 1.82) is 0 Å². The average molecular weight is 394 g/mol. The average Bonchev–Trinajstić information content (AvgIpc) is 2.81. The second-order valence-electron chi connectivity index (χ2n) is 7.02. The summed E-state index contributed by atoms with van der Waals surface area (Å²) in [6, 6.07) is 30.0. The Bertz CT molecular complexity index is 1170. The van der Waals surface area contributed by atoms with Gasteiger partial charge in [-0.25, -0.2) is 0 Å². The lowest BCUT2D eigenvalue weighted by Gasteiger charge is -2.17. The third kappa shape index (κ3) is 4.39. The van der Waals surface area contributed by atoms with Crippen LogP contribution in [0.15, 0.2) is 102 Å². The van der Waals surface area contributed by atoms with Gasteiger partial charge in [-0.05, 0) is 34.5 Å². The largest absolute Gasteiger partial charge is 0.507 e. The number of carbonyl (C=O) groups excluding carboxylic acids is 1. The van der Waals surface area contributed by atoms with Crippen LogP contribution in [0.3, 0.4) is 0 Å². The Labute approximate surface area is 175 Å². The summed E-state index contributed by atoms with van der Waals surface area (Å²) in [5.74, 6) is 0.0368. The zero-order valence-electron chi connectivity index (χ0n) is 16.4. The number of rotatable bonds is 6. The maximum Gasteiger partial charge on any atom is 0.251 e. The molecule has 1 unspecified atom stereocenters. The number of aromatic hydroxyl groups is 1. The van der Waals surface area contributed by atoms with Crippen LogP contribution in [-0.2, 0) is 0 Å². The number of hydrogen-bond donors (Lipinski definition) is 2. The van der Waals surface area contributed by atoms with E-state index in [-0.39, 0.29) is 17.7 Å². The van der Waals surface area contributed by atoms with E-state index < -0.39 is 0 Å². The van der Waals surface area contributed by atoms with Gasteiger partial charge in [-0.15, -0.1) is 0 Å². The molecule has 1 atom stereocenters. The minimum Gasteiger partial charge on any atom is -0.507 e. The molecule has 0 aliphatic rings. The van der Waals surface area contributed by atoms with Gasteiger partial charge in [0.15, 0.2) is 0 Å². The zero-order chi connectivity index (χ0) is 20.8. The quantitative estimate of drug-likeness (QED) is 0.445. The van der Waals surface area contributed by atoms with Crippen LogP contribution in [0.2, 0.25) is 0 Å². The molecule has 0 radical (unpaired) electrons. The van der Waals surface area contributed by atoms with Gasteiger partial charge in [0.1, 0.15) is 5.75 Å². The van der Waals surface area contributed by atoms with E-state index in [1.165, 1.54) is 0 Å². The SMILES string of the molecule is O=C(NC(CN=Cc1c(O)ccc2ccccc12)c1ccccc1)c1ccccc1. The number of benzene rings is 4. The summed E-state index contributed by atoms with van der Waals surface area (Å²) in [4.78, 5) is 17.3. The fraction of sp³-hybridized carbons (Fsp3) is 0.0769. The molecule has 4 aromatic rings. The minimum atomic E-state index is -0.285. The van der Waals surface area contributed by atoms with E-state index in [4.69, 9.17) is 0 Å². The van der Waals surface area contributed by atoms with Crippen molar-refractivity contribution in [3.05, 3.63) is 114 Å². The summed E-state index contributed by atoms with van der Waals surface area (Å²) in [5, 5.41) is 15.4. The molecule has 148 valence electrons. The third-order valence-corrected chi connectivity index (χ3v) is 5.00. The lowest BCUT2D eigenvalue weighted by molar-refractivity contribution is 0.0938. The van der Waals surface area contributed by atoms with Gasteiger partial charge in [0.05, 0.1) is 12.6 Å². The van der Waals surface area contributed by atoms with Crippen LogP contribution in [0.5, 0.6) is 5.75 Å². The number of amides is 1. The number of fused-ring (bicyclic) bond motifs is 1. The zero-order valence-corrected chi connectivity index (χ0v) is 16.4. The van der Waals surface area contributed by atoms with Gasteiger partial charge < -0.3 is 10.4 Å². The maximum absolute atomic E-state index is 12.7. The Morgan fingerprint density at radius 1 is 0.867 bits per heavy atom. The van der Waals surface area contributed by atoms with Crippen LogP contribution in [0.1, 0.15) is 27.5 Å². The Morgan fingerprint density at radius 3 is 2.30 bits per heavy atom. The van der Waals surface area contributed by atoms with Crippen LogP contribution >= 0.6 is 0 Å².